The number of hydrogen-bond donors (Lipinski definition) is 1. The van der Waals surface area contributed by atoms with Gasteiger partial charge in [-0.25, -0.2) is 0 Å². The van der Waals surface area contributed by atoms with Crippen LogP contribution in [0, 0.1) is 6.92 Å². The number of carbonyl (C=O) groups is 2. The number of halogens is 1. The Kier molecular flexibility index (Phi) is 9.00. The zero-order chi connectivity index (χ0) is 21.2. The molecule has 156 valence electrons. The minimum atomic E-state index is -0.421. The molecule has 1 N–H and O–H groups in total. The first kappa shape index (κ1) is 22.8. The second-order valence-electron chi connectivity index (χ2n) is 6.73. The molecule has 0 unspecified atom stereocenters. The van der Waals surface area contributed by atoms with Crippen LogP contribution in [0.5, 0.6) is 5.75 Å². The van der Waals surface area contributed by atoms with Crippen LogP contribution in [0.15, 0.2) is 36.4 Å². The van der Waals surface area contributed by atoms with E-state index in [1.54, 1.807) is 12.1 Å². The Morgan fingerprint density at radius 2 is 1.76 bits per heavy atom. The summed E-state index contributed by atoms with van der Waals surface area (Å²) in [7, 11) is 0. The fraction of sp³-hybridized carbons (Fsp3) is 0.391. The van der Waals surface area contributed by atoms with Crippen LogP contribution in [0.2, 0.25) is 5.02 Å². The van der Waals surface area contributed by atoms with E-state index in [1.165, 1.54) is 0 Å². The maximum Gasteiger partial charge on any atom is 0.306 e. The molecule has 29 heavy (non-hydrogen) atoms. The average Bonchev–Trinajstić information content (AvgIpc) is 2.72. The molecule has 2 rings (SSSR count). The molecule has 0 bridgehead atoms. The maximum atomic E-state index is 12.2. The molecule has 5 nitrogen and oxygen atoms in total. The lowest BCUT2D eigenvalue weighted by Gasteiger charge is -2.14. The fourth-order valence-corrected chi connectivity index (χ4v) is 3.03. The molecule has 0 saturated heterocycles. The van der Waals surface area contributed by atoms with Crippen molar-refractivity contribution in [3.63, 3.8) is 0 Å². The summed E-state index contributed by atoms with van der Waals surface area (Å²) in [5.74, 6) is -0.0432. The highest BCUT2D eigenvalue weighted by Crippen LogP contribution is 2.23. The number of rotatable bonds is 10. The van der Waals surface area contributed by atoms with Crippen LogP contribution in [-0.2, 0) is 27.2 Å². The monoisotopic (exact) mass is 417 g/mol. The van der Waals surface area contributed by atoms with Crippen LogP contribution in [0.1, 0.15) is 43.4 Å². The van der Waals surface area contributed by atoms with Crippen molar-refractivity contribution in [2.24, 2.45) is 0 Å². The van der Waals surface area contributed by atoms with E-state index in [9.17, 15) is 9.59 Å². The average molecular weight is 418 g/mol. The Balaban J connectivity index is 1.72. The lowest BCUT2D eigenvalue weighted by atomic mass is 10.0. The van der Waals surface area contributed by atoms with Gasteiger partial charge in [0.2, 0.25) is 0 Å². The van der Waals surface area contributed by atoms with Gasteiger partial charge in [-0.05, 0) is 61.1 Å². The highest BCUT2D eigenvalue weighted by Gasteiger charge is 2.12. The summed E-state index contributed by atoms with van der Waals surface area (Å²) in [4.78, 5) is 24.1. The predicted molar refractivity (Wildman–Crippen MR) is 116 cm³/mol. The van der Waals surface area contributed by atoms with Crippen LogP contribution >= 0.6 is 11.6 Å². The smallest absolute Gasteiger partial charge is 0.306 e. The van der Waals surface area contributed by atoms with Gasteiger partial charge in [-0.2, -0.15) is 0 Å². The van der Waals surface area contributed by atoms with Crippen molar-refractivity contribution >= 4 is 29.2 Å². The molecule has 0 saturated carbocycles. The Morgan fingerprint density at radius 3 is 2.38 bits per heavy atom. The van der Waals surface area contributed by atoms with Crippen molar-refractivity contribution in [2.45, 2.75) is 46.5 Å². The number of carbonyl (C=O) groups excluding carboxylic acids is 2. The second kappa shape index (κ2) is 11.5. The Bertz CT molecular complexity index is 829. The maximum absolute atomic E-state index is 12.2. The van der Waals surface area contributed by atoms with Gasteiger partial charge in [0.05, 0.1) is 6.61 Å². The van der Waals surface area contributed by atoms with Crippen molar-refractivity contribution in [3.8, 4) is 5.75 Å². The molecule has 0 heterocycles. The van der Waals surface area contributed by atoms with E-state index in [1.807, 2.05) is 45.0 Å². The lowest BCUT2D eigenvalue weighted by Crippen LogP contribution is -2.22. The molecular formula is C23H28ClNO4. The zero-order valence-electron chi connectivity index (χ0n) is 17.2. The van der Waals surface area contributed by atoms with Crippen LogP contribution in [-0.4, -0.2) is 25.1 Å². The number of hydrogen-bond acceptors (Lipinski definition) is 4. The van der Waals surface area contributed by atoms with Gasteiger partial charge in [0.1, 0.15) is 5.75 Å². The number of esters is 1. The molecule has 1 amide bonds. The third-order valence-corrected chi connectivity index (χ3v) is 4.97. The lowest BCUT2D eigenvalue weighted by molar-refractivity contribution is -0.147. The van der Waals surface area contributed by atoms with Crippen LogP contribution in [0.3, 0.4) is 0 Å². The molecule has 0 aliphatic heterocycles. The normalized spacial score (nSPS) is 10.5. The molecule has 6 heteroatoms. The van der Waals surface area contributed by atoms with E-state index >= 15 is 0 Å². The van der Waals surface area contributed by atoms with Gasteiger partial charge in [0.25, 0.3) is 5.91 Å². The molecule has 0 atom stereocenters. The van der Waals surface area contributed by atoms with E-state index in [4.69, 9.17) is 21.1 Å². The minimum Gasteiger partial charge on any atom is -0.494 e. The molecule has 2 aromatic carbocycles. The highest BCUT2D eigenvalue weighted by atomic mass is 35.5. The number of ether oxygens (including phenoxy) is 2. The molecule has 0 aliphatic carbocycles. The Morgan fingerprint density at radius 1 is 1.07 bits per heavy atom. The molecule has 0 fully saturated rings. The number of nitrogens with one attached hydrogen (secondary N) is 1. The molecule has 0 spiro atoms. The van der Waals surface area contributed by atoms with Gasteiger partial charge < -0.3 is 14.8 Å². The first-order valence-electron chi connectivity index (χ1n) is 9.89. The summed E-state index contributed by atoms with van der Waals surface area (Å²) >= 11 is 5.98. The third-order valence-electron chi connectivity index (χ3n) is 4.55. The van der Waals surface area contributed by atoms with Gasteiger partial charge in [-0.3, -0.25) is 9.59 Å². The van der Waals surface area contributed by atoms with Crippen molar-refractivity contribution in [2.75, 3.05) is 18.5 Å². The SMILES string of the molecule is CCc1cccc(CC)c1NC(=O)COC(=O)CCCOc1ccc(Cl)c(C)c1. The Hall–Kier alpha value is -2.53. The third kappa shape index (κ3) is 7.09. The van der Waals surface area contributed by atoms with Gasteiger partial charge in [-0.1, -0.05) is 43.6 Å². The summed E-state index contributed by atoms with van der Waals surface area (Å²) in [6, 6.07) is 11.4. The molecular weight excluding hydrogens is 390 g/mol. The van der Waals surface area contributed by atoms with E-state index in [0.717, 1.165) is 35.2 Å². The van der Waals surface area contributed by atoms with Gasteiger partial charge in [0.15, 0.2) is 6.61 Å². The van der Waals surface area contributed by atoms with Crippen molar-refractivity contribution < 1.29 is 19.1 Å². The number of benzene rings is 2. The van der Waals surface area contributed by atoms with Gasteiger partial charge >= 0.3 is 5.97 Å². The largest absolute Gasteiger partial charge is 0.494 e. The Labute approximate surface area is 177 Å². The number of para-hydroxylation sites is 1. The fourth-order valence-electron chi connectivity index (χ4n) is 2.91. The number of aryl methyl sites for hydroxylation is 3. The van der Waals surface area contributed by atoms with E-state index < -0.39 is 5.97 Å². The van der Waals surface area contributed by atoms with E-state index in [0.29, 0.717) is 23.8 Å². The second-order valence-corrected chi connectivity index (χ2v) is 7.14. The topological polar surface area (TPSA) is 64.6 Å². The first-order chi connectivity index (χ1) is 13.9. The van der Waals surface area contributed by atoms with Crippen molar-refractivity contribution in [3.05, 3.63) is 58.1 Å². The summed E-state index contributed by atoms with van der Waals surface area (Å²) in [5.41, 5.74) is 3.90. The number of anilines is 1. The number of amides is 1. The van der Waals surface area contributed by atoms with Crippen molar-refractivity contribution in [1.29, 1.82) is 0 Å². The van der Waals surface area contributed by atoms with Crippen LogP contribution in [0.4, 0.5) is 5.69 Å². The molecule has 0 aliphatic rings. The van der Waals surface area contributed by atoms with Gasteiger partial charge in [0, 0.05) is 17.1 Å². The quantitative estimate of drug-likeness (QED) is 0.430. The molecule has 2 aromatic rings. The van der Waals surface area contributed by atoms with Crippen LogP contribution in [0.25, 0.3) is 0 Å². The van der Waals surface area contributed by atoms with E-state index in [-0.39, 0.29) is 18.9 Å². The standard InChI is InChI=1S/C23H28ClNO4/c1-4-17-8-6-9-18(5-2)23(17)25-21(26)15-29-22(27)10-7-13-28-19-11-12-20(24)16(3)14-19/h6,8-9,11-12,14H,4-5,7,10,13,15H2,1-3H3,(H,25,26). The summed E-state index contributed by atoms with van der Waals surface area (Å²) in [6.07, 6.45) is 2.32. The predicted octanol–water partition coefficient (Wildman–Crippen LogP) is 5.11. The van der Waals surface area contributed by atoms with Crippen molar-refractivity contribution in [1.82, 2.24) is 0 Å². The summed E-state index contributed by atoms with van der Waals surface area (Å²) < 4.78 is 10.7. The summed E-state index contributed by atoms with van der Waals surface area (Å²) in [5, 5.41) is 3.57. The summed E-state index contributed by atoms with van der Waals surface area (Å²) in [6.45, 7) is 6.07. The minimum absolute atomic E-state index is 0.186. The highest BCUT2D eigenvalue weighted by molar-refractivity contribution is 6.31. The van der Waals surface area contributed by atoms with Crippen LogP contribution < -0.4 is 10.1 Å². The first-order valence-corrected chi connectivity index (χ1v) is 10.3. The molecule has 0 aromatic heterocycles. The zero-order valence-corrected chi connectivity index (χ0v) is 18.0. The van der Waals surface area contributed by atoms with Gasteiger partial charge in [-0.15, -0.1) is 0 Å². The van der Waals surface area contributed by atoms with E-state index in [2.05, 4.69) is 5.32 Å². The molecule has 0 radical (unpaired) electrons.